The van der Waals surface area contributed by atoms with Crippen LogP contribution in [0, 0.1) is 0 Å². The van der Waals surface area contributed by atoms with Crippen molar-refractivity contribution >= 4 is 11.6 Å². The lowest BCUT2D eigenvalue weighted by Gasteiger charge is -2.12. The van der Waals surface area contributed by atoms with Crippen LogP contribution in [0.3, 0.4) is 0 Å². The first kappa shape index (κ1) is 8.10. The van der Waals surface area contributed by atoms with Crippen molar-refractivity contribution < 1.29 is 4.79 Å². The maximum Gasteiger partial charge on any atom is 0.251 e. The molecule has 1 aromatic carbocycles. The normalized spacial score (nSPS) is 13.8. The monoisotopic (exact) mass is 176 g/mol. The minimum atomic E-state index is 0.0405. The standard InChI is InChI=1S/C10H12N2O/c1-12(2)8-4-3-7-6-11-10(13)9(7)5-8/h3-5H,6H2,1-2H3,(H,11,13). The Balaban J connectivity index is 2.48. The number of nitrogens with zero attached hydrogens (tertiary/aromatic N) is 1. The summed E-state index contributed by atoms with van der Waals surface area (Å²) in [6, 6.07) is 5.96. The molecule has 0 atom stereocenters. The molecule has 13 heavy (non-hydrogen) atoms. The fourth-order valence-electron chi connectivity index (χ4n) is 1.48. The summed E-state index contributed by atoms with van der Waals surface area (Å²) in [4.78, 5) is 13.3. The second kappa shape index (κ2) is 2.76. The Bertz CT molecular complexity index is 358. The molecule has 0 aromatic heterocycles. The Labute approximate surface area is 77.4 Å². The van der Waals surface area contributed by atoms with Crippen molar-refractivity contribution in [1.29, 1.82) is 0 Å². The quantitative estimate of drug-likeness (QED) is 0.692. The van der Waals surface area contributed by atoms with Gasteiger partial charge < -0.3 is 10.2 Å². The molecule has 1 aliphatic rings. The van der Waals surface area contributed by atoms with Crippen molar-refractivity contribution in [2.75, 3.05) is 19.0 Å². The lowest BCUT2D eigenvalue weighted by atomic mass is 10.1. The number of hydrogen-bond acceptors (Lipinski definition) is 2. The summed E-state index contributed by atoms with van der Waals surface area (Å²) < 4.78 is 0. The number of benzene rings is 1. The van der Waals surface area contributed by atoms with Gasteiger partial charge in [-0.15, -0.1) is 0 Å². The summed E-state index contributed by atoms with van der Waals surface area (Å²) in [6.07, 6.45) is 0. The number of hydrogen-bond donors (Lipinski definition) is 1. The molecule has 2 rings (SSSR count). The molecule has 1 aromatic rings. The van der Waals surface area contributed by atoms with E-state index in [1.165, 1.54) is 0 Å². The molecule has 1 heterocycles. The zero-order valence-electron chi connectivity index (χ0n) is 7.79. The maximum atomic E-state index is 11.3. The average Bonchev–Trinajstić information content (AvgIpc) is 2.47. The third-order valence-corrected chi connectivity index (χ3v) is 2.29. The molecule has 68 valence electrons. The number of rotatable bonds is 1. The molecular formula is C10H12N2O. The maximum absolute atomic E-state index is 11.3. The summed E-state index contributed by atoms with van der Waals surface area (Å²) in [5.74, 6) is 0.0405. The fourth-order valence-corrected chi connectivity index (χ4v) is 1.48. The molecule has 1 N–H and O–H groups in total. The highest BCUT2D eigenvalue weighted by Gasteiger charge is 2.18. The minimum Gasteiger partial charge on any atom is -0.378 e. The third kappa shape index (κ3) is 1.26. The van der Waals surface area contributed by atoms with E-state index in [4.69, 9.17) is 0 Å². The number of nitrogens with one attached hydrogen (secondary N) is 1. The predicted molar refractivity (Wildman–Crippen MR) is 51.9 cm³/mol. The van der Waals surface area contributed by atoms with Gasteiger partial charge >= 0.3 is 0 Å². The average molecular weight is 176 g/mol. The molecule has 1 amide bonds. The van der Waals surface area contributed by atoms with Crippen LogP contribution in [0.15, 0.2) is 18.2 Å². The Morgan fingerprint density at radius 3 is 2.85 bits per heavy atom. The van der Waals surface area contributed by atoms with Crippen molar-refractivity contribution in [1.82, 2.24) is 5.32 Å². The van der Waals surface area contributed by atoms with Gasteiger partial charge in [-0.2, -0.15) is 0 Å². The van der Waals surface area contributed by atoms with Gasteiger partial charge in [0.2, 0.25) is 0 Å². The largest absolute Gasteiger partial charge is 0.378 e. The molecule has 0 aliphatic carbocycles. The van der Waals surface area contributed by atoms with Crippen LogP contribution < -0.4 is 10.2 Å². The van der Waals surface area contributed by atoms with Crippen LogP contribution in [0.5, 0.6) is 0 Å². The first-order valence-electron chi connectivity index (χ1n) is 4.27. The second-order valence-electron chi connectivity index (χ2n) is 3.42. The van der Waals surface area contributed by atoms with Crippen molar-refractivity contribution in [3.8, 4) is 0 Å². The van der Waals surface area contributed by atoms with Gasteiger partial charge in [0.25, 0.3) is 5.91 Å². The Morgan fingerprint density at radius 2 is 2.15 bits per heavy atom. The highest BCUT2D eigenvalue weighted by atomic mass is 16.1. The third-order valence-electron chi connectivity index (χ3n) is 2.29. The molecule has 3 nitrogen and oxygen atoms in total. The van der Waals surface area contributed by atoms with Crippen LogP contribution in [0.2, 0.25) is 0 Å². The van der Waals surface area contributed by atoms with Gasteiger partial charge in [0.1, 0.15) is 0 Å². The smallest absolute Gasteiger partial charge is 0.251 e. The summed E-state index contributed by atoms with van der Waals surface area (Å²) in [6.45, 7) is 0.669. The number of fused-ring (bicyclic) bond motifs is 1. The van der Waals surface area contributed by atoms with Crippen molar-refractivity contribution in [2.24, 2.45) is 0 Å². The Morgan fingerprint density at radius 1 is 1.38 bits per heavy atom. The number of amides is 1. The van der Waals surface area contributed by atoms with E-state index in [1.807, 2.05) is 37.2 Å². The summed E-state index contributed by atoms with van der Waals surface area (Å²) in [5, 5.41) is 2.79. The zero-order chi connectivity index (χ0) is 9.42. The highest BCUT2D eigenvalue weighted by molar-refractivity contribution is 5.99. The van der Waals surface area contributed by atoms with Gasteiger partial charge in [0.05, 0.1) is 0 Å². The fraction of sp³-hybridized carbons (Fsp3) is 0.300. The Kier molecular flexibility index (Phi) is 1.72. The number of carbonyl (C=O) groups excluding carboxylic acids is 1. The van der Waals surface area contributed by atoms with E-state index >= 15 is 0 Å². The van der Waals surface area contributed by atoms with E-state index in [-0.39, 0.29) is 5.91 Å². The topological polar surface area (TPSA) is 32.3 Å². The molecular weight excluding hydrogens is 164 g/mol. The van der Waals surface area contributed by atoms with Gasteiger partial charge in [-0.25, -0.2) is 0 Å². The summed E-state index contributed by atoms with van der Waals surface area (Å²) in [7, 11) is 3.93. The Hall–Kier alpha value is -1.51. The molecule has 0 bridgehead atoms. The highest BCUT2D eigenvalue weighted by Crippen LogP contribution is 2.21. The molecule has 0 unspecified atom stereocenters. The van der Waals surface area contributed by atoms with E-state index < -0.39 is 0 Å². The number of anilines is 1. The van der Waals surface area contributed by atoms with E-state index in [0.717, 1.165) is 16.8 Å². The molecule has 0 fully saturated rings. The van der Waals surface area contributed by atoms with E-state index in [0.29, 0.717) is 6.54 Å². The number of carbonyl (C=O) groups is 1. The van der Waals surface area contributed by atoms with Crippen LogP contribution in [-0.4, -0.2) is 20.0 Å². The van der Waals surface area contributed by atoms with Crippen LogP contribution in [0.25, 0.3) is 0 Å². The zero-order valence-corrected chi connectivity index (χ0v) is 7.79. The molecule has 1 aliphatic heterocycles. The van der Waals surface area contributed by atoms with Gasteiger partial charge in [-0.1, -0.05) is 6.07 Å². The molecule has 0 saturated carbocycles. The van der Waals surface area contributed by atoms with Crippen molar-refractivity contribution in [3.05, 3.63) is 29.3 Å². The molecule has 3 heteroatoms. The van der Waals surface area contributed by atoms with Crippen LogP contribution in [0.4, 0.5) is 5.69 Å². The first-order valence-corrected chi connectivity index (χ1v) is 4.27. The molecule has 0 radical (unpaired) electrons. The van der Waals surface area contributed by atoms with Crippen molar-refractivity contribution in [3.63, 3.8) is 0 Å². The van der Waals surface area contributed by atoms with Crippen LogP contribution in [0.1, 0.15) is 15.9 Å². The lowest BCUT2D eigenvalue weighted by molar-refractivity contribution is 0.0966. The molecule has 0 saturated heterocycles. The lowest BCUT2D eigenvalue weighted by Crippen LogP contribution is -2.13. The van der Waals surface area contributed by atoms with Gasteiger partial charge in [-0.3, -0.25) is 4.79 Å². The summed E-state index contributed by atoms with van der Waals surface area (Å²) in [5.41, 5.74) is 2.97. The second-order valence-corrected chi connectivity index (χ2v) is 3.42. The summed E-state index contributed by atoms with van der Waals surface area (Å²) >= 11 is 0. The van der Waals surface area contributed by atoms with E-state index in [1.54, 1.807) is 0 Å². The molecule has 0 spiro atoms. The van der Waals surface area contributed by atoms with Crippen LogP contribution in [-0.2, 0) is 6.54 Å². The SMILES string of the molecule is CN(C)c1ccc2c(c1)C(=O)NC2. The van der Waals surface area contributed by atoms with Gasteiger partial charge in [-0.05, 0) is 17.7 Å². The van der Waals surface area contributed by atoms with Gasteiger partial charge in [0.15, 0.2) is 0 Å². The van der Waals surface area contributed by atoms with Crippen molar-refractivity contribution in [2.45, 2.75) is 6.54 Å². The van der Waals surface area contributed by atoms with E-state index in [2.05, 4.69) is 5.32 Å². The van der Waals surface area contributed by atoms with Gasteiger partial charge in [0, 0.05) is 31.9 Å². The van der Waals surface area contributed by atoms with E-state index in [9.17, 15) is 4.79 Å². The van der Waals surface area contributed by atoms with Crippen LogP contribution >= 0.6 is 0 Å². The predicted octanol–water partition coefficient (Wildman–Crippen LogP) is 0.996. The first-order chi connectivity index (χ1) is 6.18. The minimum absolute atomic E-state index is 0.0405.